The Morgan fingerprint density at radius 1 is 1.29 bits per heavy atom. The Kier molecular flexibility index (Phi) is 6.43. The Morgan fingerprint density at radius 2 is 1.93 bits per heavy atom. The molecule has 1 amide bonds. The molecule has 0 aromatic rings. The van der Waals surface area contributed by atoms with Gasteiger partial charge in [-0.25, -0.2) is 13.1 Å². The van der Waals surface area contributed by atoms with Gasteiger partial charge in [0.2, 0.25) is 15.9 Å². The number of nitrogens with one attached hydrogen (secondary N) is 3. The Hall–Kier alpha value is -0.660. The summed E-state index contributed by atoms with van der Waals surface area (Å²) < 4.78 is 23.5. The van der Waals surface area contributed by atoms with Gasteiger partial charge in [-0.1, -0.05) is 6.92 Å². The van der Waals surface area contributed by atoms with Crippen molar-refractivity contribution >= 4 is 15.9 Å². The van der Waals surface area contributed by atoms with E-state index in [1.54, 1.807) is 0 Å². The van der Waals surface area contributed by atoms with Crippen LogP contribution in [0.2, 0.25) is 0 Å². The van der Waals surface area contributed by atoms with E-state index in [2.05, 4.69) is 15.4 Å². The highest BCUT2D eigenvalue weighted by molar-refractivity contribution is 7.88. The third-order valence-corrected chi connectivity index (χ3v) is 2.08. The molecule has 6 nitrogen and oxygen atoms in total. The molecule has 0 saturated heterocycles. The summed E-state index contributed by atoms with van der Waals surface area (Å²) >= 11 is 0. The van der Waals surface area contributed by atoms with E-state index in [4.69, 9.17) is 0 Å². The van der Waals surface area contributed by atoms with Crippen molar-refractivity contribution in [1.29, 1.82) is 0 Å². The van der Waals surface area contributed by atoms with E-state index < -0.39 is 10.0 Å². The van der Waals surface area contributed by atoms with Crippen LogP contribution in [0.4, 0.5) is 0 Å². The normalized spacial score (nSPS) is 11.3. The van der Waals surface area contributed by atoms with Crippen LogP contribution in [-0.2, 0) is 14.8 Å². The summed E-state index contributed by atoms with van der Waals surface area (Å²) in [5, 5.41) is 5.42. The molecule has 0 radical (unpaired) electrons. The molecule has 7 heteroatoms. The lowest BCUT2D eigenvalue weighted by Gasteiger charge is -2.05. The van der Waals surface area contributed by atoms with Gasteiger partial charge in [0.25, 0.3) is 0 Å². The second-order valence-corrected chi connectivity index (χ2v) is 4.63. The van der Waals surface area contributed by atoms with Crippen LogP contribution in [0.25, 0.3) is 0 Å². The molecule has 0 rings (SSSR count). The Labute approximate surface area is 84.5 Å². The highest BCUT2D eigenvalue weighted by Gasteiger charge is 2.01. The molecule has 0 aliphatic rings. The number of hydrogen-bond donors (Lipinski definition) is 3. The average Bonchev–Trinajstić information content (AvgIpc) is 2.07. The van der Waals surface area contributed by atoms with Gasteiger partial charge in [-0.3, -0.25) is 4.79 Å². The minimum atomic E-state index is -3.16. The zero-order chi connectivity index (χ0) is 11.0. The molecule has 0 aliphatic carbocycles. The quantitative estimate of drug-likeness (QED) is 0.447. The van der Waals surface area contributed by atoms with Gasteiger partial charge in [0.15, 0.2) is 0 Å². The van der Waals surface area contributed by atoms with E-state index in [1.807, 2.05) is 6.92 Å². The molecule has 0 unspecified atom stereocenters. The zero-order valence-electron chi connectivity index (χ0n) is 8.46. The summed E-state index contributed by atoms with van der Waals surface area (Å²) in [5.74, 6) is -0.137. The number of hydrogen-bond acceptors (Lipinski definition) is 4. The highest BCUT2D eigenvalue weighted by Crippen LogP contribution is 1.71. The second kappa shape index (κ2) is 6.74. The SMILES string of the molecule is CCNCC(=O)NCCNS(C)(=O)=O. The van der Waals surface area contributed by atoms with Crippen molar-refractivity contribution in [2.45, 2.75) is 6.92 Å². The van der Waals surface area contributed by atoms with Crippen molar-refractivity contribution in [3.63, 3.8) is 0 Å². The average molecular weight is 223 g/mol. The van der Waals surface area contributed by atoms with Crippen LogP contribution in [0.5, 0.6) is 0 Å². The van der Waals surface area contributed by atoms with Crippen LogP contribution >= 0.6 is 0 Å². The van der Waals surface area contributed by atoms with Crippen LogP contribution < -0.4 is 15.4 Å². The lowest BCUT2D eigenvalue weighted by Crippen LogP contribution is -2.38. The van der Waals surface area contributed by atoms with E-state index in [9.17, 15) is 13.2 Å². The predicted molar refractivity (Wildman–Crippen MR) is 54.4 cm³/mol. The maximum atomic E-state index is 11.0. The number of amides is 1. The van der Waals surface area contributed by atoms with E-state index in [-0.39, 0.29) is 19.0 Å². The van der Waals surface area contributed by atoms with Crippen molar-refractivity contribution in [2.24, 2.45) is 0 Å². The maximum absolute atomic E-state index is 11.0. The standard InChI is InChI=1S/C7H17N3O3S/c1-3-8-6-7(11)9-4-5-10-14(2,12)13/h8,10H,3-6H2,1-2H3,(H,9,11). The molecule has 0 aliphatic heterocycles. The zero-order valence-corrected chi connectivity index (χ0v) is 9.28. The molecule has 0 fully saturated rings. The lowest BCUT2D eigenvalue weighted by molar-refractivity contribution is -0.120. The number of sulfonamides is 1. The van der Waals surface area contributed by atoms with Crippen LogP contribution in [-0.4, -0.2) is 46.8 Å². The van der Waals surface area contributed by atoms with Gasteiger partial charge in [-0.05, 0) is 6.54 Å². The van der Waals surface area contributed by atoms with Crippen molar-refractivity contribution in [3.8, 4) is 0 Å². The summed E-state index contributed by atoms with van der Waals surface area (Å²) in [6.07, 6.45) is 1.08. The minimum Gasteiger partial charge on any atom is -0.354 e. The lowest BCUT2D eigenvalue weighted by atomic mass is 10.5. The molecule has 0 aromatic heterocycles. The predicted octanol–water partition coefficient (Wildman–Crippen LogP) is -1.74. The first kappa shape index (κ1) is 13.3. The van der Waals surface area contributed by atoms with E-state index in [0.717, 1.165) is 12.8 Å². The first-order valence-electron chi connectivity index (χ1n) is 4.37. The summed E-state index contributed by atoms with van der Waals surface area (Å²) in [5.41, 5.74) is 0. The van der Waals surface area contributed by atoms with Crippen LogP contribution in [0, 0.1) is 0 Å². The van der Waals surface area contributed by atoms with E-state index in [0.29, 0.717) is 6.54 Å². The third-order valence-electron chi connectivity index (χ3n) is 1.35. The van der Waals surface area contributed by atoms with Crippen molar-refractivity contribution in [3.05, 3.63) is 0 Å². The summed E-state index contributed by atoms with van der Waals surface area (Å²) in [6.45, 7) is 3.41. The summed E-state index contributed by atoms with van der Waals surface area (Å²) in [4.78, 5) is 11.0. The molecule has 0 atom stereocenters. The largest absolute Gasteiger partial charge is 0.354 e. The van der Waals surface area contributed by atoms with E-state index in [1.165, 1.54) is 0 Å². The Balaban J connectivity index is 3.41. The molecule has 0 saturated carbocycles. The van der Waals surface area contributed by atoms with Crippen molar-refractivity contribution in [1.82, 2.24) is 15.4 Å². The molecule has 3 N–H and O–H groups in total. The molecular weight excluding hydrogens is 206 g/mol. The van der Waals surface area contributed by atoms with Crippen LogP contribution in [0.3, 0.4) is 0 Å². The van der Waals surface area contributed by atoms with Crippen LogP contribution in [0.1, 0.15) is 6.92 Å². The van der Waals surface area contributed by atoms with Crippen LogP contribution in [0.15, 0.2) is 0 Å². The van der Waals surface area contributed by atoms with Crippen molar-refractivity contribution < 1.29 is 13.2 Å². The highest BCUT2D eigenvalue weighted by atomic mass is 32.2. The van der Waals surface area contributed by atoms with Gasteiger partial charge >= 0.3 is 0 Å². The smallest absolute Gasteiger partial charge is 0.234 e. The van der Waals surface area contributed by atoms with Gasteiger partial charge in [0, 0.05) is 13.1 Å². The van der Waals surface area contributed by atoms with Gasteiger partial charge in [0.05, 0.1) is 12.8 Å². The molecule has 0 spiro atoms. The van der Waals surface area contributed by atoms with Gasteiger partial charge < -0.3 is 10.6 Å². The molecule has 84 valence electrons. The number of carbonyl (C=O) groups excluding carboxylic acids is 1. The topological polar surface area (TPSA) is 87.3 Å². The van der Waals surface area contributed by atoms with Gasteiger partial charge in [-0.15, -0.1) is 0 Å². The van der Waals surface area contributed by atoms with Gasteiger partial charge in [-0.2, -0.15) is 0 Å². The summed E-state index contributed by atoms with van der Waals surface area (Å²) in [6, 6.07) is 0. The number of rotatable bonds is 7. The minimum absolute atomic E-state index is 0.137. The third kappa shape index (κ3) is 9.43. The second-order valence-electron chi connectivity index (χ2n) is 2.80. The number of likely N-dealkylation sites (N-methyl/N-ethyl adjacent to an activating group) is 1. The maximum Gasteiger partial charge on any atom is 0.234 e. The van der Waals surface area contributed by atoms with Gasteiger partial charge in [0.1, 0.15) is 0 Å². The fourth-order valence-corrected chi connectivity index (χ4v) is 1.21. The first-order valence-corrected chi connectivity index (χ1v) is 6.27. The fourth-order valence-electron chi connectivity index (χ4n) is 0.739. The number of carbonyl (C=O) groups is 1. The van der Waals surface area contributed by atoms with Crippen molar-refractivity contribution in [2.75, 3.05) is 32.4 Å². The fraction of sp³-hybridized carbons (Fsp3) is 0.857. The molecular formula is C7H17N3O3S. The summed E-state index contributed by atoms with van der Waals surface area (Å²) in [7, 11) is -3.16. The molecule has 14 heavy (non-hydrogen) atoms. The molecule has 0 bridgehead atoms. The first-order chi connectivity index (χ1) is 6.45. The Morgan fingerprint density at radius 3 is 2.43 bits per heavy atom. The van der Waals surface area contributed by atoms with E-state index >= 15 is 0 Å². The monoisotopic (exact) mass is 223 g/mol. The Bertz CT molecular complexity index is 263. The molecule has 0 aromatic carbocycles. The molecule has 0 heterocycles.